The van der Waals surface area contributed by atoms with E-state index >= 15 is 0 Å². The van der Waals surface area contributed by atoms with Gasteiger partial charge in [-0.25, -0.2) is 0 Å². The minimum atomic E-state index is -0.0215. The maximum absolute atomic E-state index is 4.01. The molecule has 3 nitrogen and oxygen atoms in total. The van der Waals surface area contributed by atoms with E-state index in [4.69, 9.17) is 0 Å². The van der Waals surface area contributed by atoms with Crippen LogP contribution in [0, 0.1) is 0 Å². The smallest absolute Gasteiger partial charge is 0.112 e. The van der Waals surface area contributed by atoms with Gasteiger partial charge in [-0.05, 0) is 99.6 Å². The number of hydrogen-bond donors (Lipinski definition) is 1. The summed E-state index contributed by atoms with van der Waals surface area (Å²) >= 11 is 1.88. The Morgan fingerprint density at radius 3 is 1.84 bits per heavy atom. The number of thiophene rings is 1. The number of rotatable bonds is 6. The Bertz CT molecular complexity index is 3810. The lowest BCUT2D eigenvalue weighted by Gasteiger charge is -2.27. The molecule has 9 aromatic carbocycles. The van der Waals surface area contributed by atoms with Crippen molar-refractivity contribution in [2.45, 2.75) is 6.04 Å². The molecule has 0 saturated carbocycles. The van der Waals surface area contributed by atoms with Crippen LogP contribution >= 0.6 is 11.3 Å². The Kier molecular flexibility index (Phi) is 8.15. The highest BCUT2D eigenvalue weighted by molar-refractivity contribution is 7.26. The lowest BCUT2D eigenvalue weighted by atomic mass is 9.96. The van der Waals surface area contributed by atoms with Crippen molar-refractivity contribution in [2.24, 2.45) is 0 Å². The molecule has 0 radical (unpaired) electrons. The van der Waals surface area contributed by atoms with E-state index in [2.05, 4.69) is 239 Å². The summed E-state index contributed by atoms with van der Waals surface area (Å²) in [4.78, 5) is 0. The number of fused-ring (bicyclic) bond motifs is 9. The second-order valence-corrected chi connectivity index (χ2v) is 17.6. The second kappa shape index (κ2) is 14.3. The quantitative estimate of drug-likeness (QED) is 0.177. The number of benzene rings is 9. The molecule has 296 valence electrons. The molecule has 4 heteroatoms. The van der Waals surface area contributed by atoms with E-state index in [1.165, 1.54) is 91.7 Å². The summed E-state index contributed by atoms with van der Waals surface area (Å²) in [6.07, 6.45) is 4.69. The maximum atomic E-state index is 4.01. The van der Waals surface area contributed by atoms with Gasteiger partial charge in [0.15, 0.2) is 0 Å². The van der Waals surface area contributed by atoms with Crippen molar-refractivity contribution in [1.29, 1.82) is 0 Å². The van der Waals surface area contributed by atoms with Gasteiger partial charge < -0.3 is 9.88 Å². The van der Waals surface area contributed by atoms with Crippen LogP contribution in [0.2, 0.25) is 0 Å². The summed E-state index contributed by atoms with van der Waals surface area (Å²) in [5.41, 5.74) is 14.3. The first-order valence-electron chi connectivity index (χ1n) is 21.6. The SMILES string of the molecule is C1=C(c2ccccc2)C=C(n2c3ccc(-c4ccc5c6ccccc6n(-c6ccccc6)c5c4)cc3c3ccc(-c4cccc5c4sc4ccccc45)cc32)NC1c1ccccc1. The molecular weight excluding hydrogens is 783 g/mol. The fourth-order valence-electron chi connectivity index (χ4n) is 10.0. The molecule has 0 amide bonds. The van der Waals surface area contributed by atoms with Crippen LogP contribution in [0.3, 0.4) is 0 Å². The Balaban J connectivity index is 1.04. The average molecular weight is 822 g/mol. The minimum Gasteiger partial charge on any atom is -0.361 e. The predicted molar refractivity (Wildman–Crippen MR) is 269 cm³/mol. The molecule has 12 aromatic rings. The molecule has 1 unspecified atom stereocenters. The zero-order valence-electron chi connectivity index (χ0n) is 34.2. The topological polar surface area (TPSA) is 21.9 Å². The Morgan fingerprint density at radius 2 is 1.00 bits per heavy atom. The summed E-state index contributed by atoms with van der Waals surface area (Å²) in [7, 11) is 0. The summed E-state index contributed by atoms with van der Waals surface area (Å²) < 4.78 is 7.50. The van der Waals surface area contributed by atoms with Crippen molar-refractivity contribution in [1.82, 2.24) is 14.5 Å². The van der Waals surface area contributed by atoms with Crippen molar-refractivity contribution in [3.05, 3.63) is 236 Å². The fourth-order valence-corrected chi connectivity index (χ4v) is 11.2. The third kappa shape index (κ3) is 5.80. The fraction of sp³-hybridized carbons (Fsp3) is 0.0169. The number of dihydropyridines is 1. The molecule has 0 aliphatic carbocycles. The summed E-state index contributed by atoms with van der Waals surface area (Å²) in [6, 6.07) is 77.6. The number of hydrogen-bond acceptors (Lipinski definition) is 2. The normalized spacial score (nSPS) is 14.2. The Hall–Kier alpha value is -7.92. The van der Waals surface area contributed by atoms with Crippen molar-refractivity contribution in [2.75, 3.05) is 0 Å². The number of nitrogens with one attached hydrogen (secondary N) is 1. The van der Waals surface area contributed by atoms with E-state index in [-0.39, 0.29) is 6.04 Å². The van der Waals surface area contributed by atoms with Crippen LogP contribution in [0.4, 0.5) is 0 Å². The van der Waals surface area contributed by atoms with Crippen molar-refractivity contribution in [3.63, 3.8) is 0 Å². The highest BCUT2D eigenvalue weighted by Crippen LogP contribution is 2.44. The third-order valence-electron chi connectivity index (χ3n) is 13.0. The molecule has 13 rings (SSSR count). The van der Waals surface area contributed by atoms with E-state index in [0.29, 0.717) is 0 Å². The molecule has 0 spiro atoms. The molecule has 0 fully saturated rings. The van der Waals surface area contributed by atoms with Crippen molar-refractivity contribution < 1.29 is 0 Å². The largest absolute Gasteiger partial charge is 0.361 e. The van der Waals surface area contributed by atoms with Crippen LogP contribution in [0.25, 0.3) is 103 Å². The zero-order chi connectivity index (χ0) is 41.4. The number of nitrogens with zero attached hydrogens (tertiary/aromatic N) is 2. The lowest BCUT2D eigenvalue weighted by molar-refractivity contribution is 0.739. The molecular formula is C59H39N3S. The van der Waals surface area contributed by atoms with Gasteiger partial charge in [-0.1, -0.05) is 164 Å². The average Bonchev–Trinajstić information content (AvgIpc) is 4.01. The van der Waals surface area contributed by atoms with Crippen LogP contribution < -0.4 is 5.32 Å². The van der Waals surface area contributed by atoms with Crippen LogP contribution in [0.5, 0.6) is 0 Å². The first kappa shape index (κ1) is 35.8. The standard InChI is InChI=1S/C59H39N3S/c1-4-15-38(16-5-1)43-34-52(39-17-6-2-7-18-39)60-58(37-43)62-54-32-29-40(41-27-30-47-46-21-10-12-25-53(46)61(55(47)35-41)44-19-8-3-9-20-44)33-51(54)48-31-28-42(36-56(48)62)45-23-14-24-50-49-22-11-13-26-57(49)63-59(45)50/h1-37,52,60H. The minimum absolute atomic E-state index is 0.0215. The van der Waals surface area contributed by atoms with E-state index in [0.717, 1.165) is 22.5 Å². The van der Waals surface area contributed by atoms with Crippen LogP contribution in [-0.4, -0.2) is 9.13 Å². The van der Waals surface area contributed by atoms with E-state index < -0.39 is 0 Å². The van der Waals surface area contributed by atoms with Crippen molar-refractivity contribution in [3.8, 4) is 27.9 Å². The van der Waals surface area contributed by atoms with E-state index in [1.54, 1.807) is 0 Å². The van der Waals surface area contributed by atoms with Gasteiger partial charge in [0.25, 0.3) is 0 Å². The Morgan fingerprint density at radius 1 is 0.397 bits per heavy atom. The number of aromatic nitrogens is 2. The van der Waals surface area contributed by atoms with Crippen LogP contribution in [0.1, 0.15) is 17.2 Å². The lowest BCUT2D eigenvalue weighted by Crippen LogP contribution is -2.25. The summed E-state index contributed by atoms with van der Waals surface area (Å²) in [5, 5.41) is 11.6. The van der Waals surface area contributed by atoms with Crippen LogP contribution in [-0.2, 0) is 0 Å². The second-order valence-electron chi connectivity index (χ2n) is 16.6. The van der Waals surface area contributed by atoms with Gasteiger partial charge in [0, 0.05) is 47.4 Å². The monoisotopic (exact) mass is 821 g/mol. The zero-order valence-corrected chi connectivity index (χ0v) is 35.1. The van der Waals surface area contributed by atoms with Gasteiger partial charge in [-0.15, -0.1) is 11.3 Å². The van der Waals surface area contributed by atoms with E-state index in [9.17, 15) is 0 Å². The summed E-state index contributed by atoms with van der Waals surface area (Å²) in [5.74, 6) is 1.05. The van der Waals surface area contributed by atoms with E-state index in [1.807, 2.05) is 11.3 Å². The predicted octanol–water partition coefficient (Wildman–Crippen LogP) is 15.8. The van der Waals surface area contributed by atoms with Gasteiger partial charge in [-0.3, -0.25) is 4.57 Å². The molecule has 3 aromatic heterocycles. The van der Waals surface area contributed by atoms with Gasteiger partial charge >= 0.3 is 0 Å². The molecule has 4 heterocycles. The Labute approximate surface area is 368 Å². The number of para-hydroxylation sites is 2. The molecule has 0 bridgehead atoms. The van der Waals surface area contributed by atoms with Gasteiger partial charge in [0.05, 0.1) is 28.1 Å². The first-order valence-corrected chi connectivity index (χ1v) is 22.4. The molecule has 0 saturated heterocycles. The maximum Gasteiger partial charge on any atom is 0.112 e. The summed E-state index contributed by atoms with van der Waals surface area (Å²) in [6.45, 7) is 0. The van der Waals surface area contributed by atoms with Crippen LogP contribution in [0.15, 0.2) is 224 Å². The van der Waals surface area contributed by atoms with Gasteiger partial charge in [-0.2, -0.15) is 0 Å². The van der Waals surface area contributed by atoms with Crippen molar-refractivity contribution >= 4 is 86.5 Å². The number of allylic oxidation sites excluding steroid dienone is 2. The highest BCUT2D eigenvalue weighted by atomic mass is 32.1. The highest BCUT2D eigenvalue weighted by Gasteiger charge is 2.23. The van der Waals surface area contributed by atoms with Gasteiger partial charge in [0.2, 0.25) is 0 Å². The van der Waals surface area contributed by atoms with Gasteiger partial charge in [0.1, 0.15) is 5.82 Å². The molecule has 63 heavy (non-hydrogen) atoms. The molecule has 1 atom stereocenters. The molecule has 1 aliphatic heterocycles. The third-order valence-corrected chi connectivity index (χ3v) is 14.2. The first-order chi connectivity index (χ1) is 31.2. The molecule has 1 aliphatic rings. The molecule has 1 N–H and O–H groups in total.